The van der Waals surface area contributed by atoms with Gasteiger partial charge < -0.3 is 0 Å². The fraction of sp³-hybridized carbons (Fsp3) is 0.778. The van der Waals surface area contributed by atoms with Crippen molar-refractivity contribution in [2.24, 2.45) is 0 Å². The smallest absolute Gasteiger partial charge is 0.00342 e. The van der Waals surface area contributed by atoms with E-state index < -0.39 is 0 Å². The van der Waals surface area contributed by atoms with Gasteiger partial charge in [0.05, 0.1) is 0 Å². The van der Waals surface area contributed by atoms with Crippen LogP contribution in [0.25, 0.3) is 0 Å². The van der Waals surface area contributed by atoms with Gasteiger partial charge in [0, 0.05) is 10.7 Å². The molecule has 0 fully saturated rings. The predicted molar refractivity (Wildman–Crippen MR) is 59.8 cm³/mol. The largest absolute Gasteiger partial charge is 0.0928 e. The van der Waals surface area contributed by atoms with Gasteiger partial charge in [-0.25, -0.2) is 0 Å². The van der Waals surface area contributed by atoms with Gasteiger partial charge in [-0.2, -0.15) is 0 Å². The number of hydrogen-bond acceptors (Lipinski definition) is 0. The molecular weight excluding hydrogens is 268 g/mol. The molecule has 0 aliphatic heterocycles. The number of alkyl halides is 2. The van der Waals surface area contributed by atoms with Crippen molar-refractivity contribution in [3.8, 4) is 0 Å². The third-order valence-corrected chi connectivity index (χ3v) is 2.55. The molecule has 0 rings (SSSR count). The summed E-state index contributed by atoms with van der Waals surface area (Å²) in [6, 6.07) is 0. The van der Waals surface area contributed by atoms with Gasteiger partial charge in [0.1, 0.15) is 0 Å². The van der Waals surface area contributed by atoms with Crippen LogP contribution in [-0.4, -0.2) is 10.7 Å². The third-order valence-electron chi connectivity index (χ3n) is 1.43. The molecule has 0 saturated carbocycles. The summed E-state index contributed by atoms with van der Waals surface area (Å²) >= 11 is 6.82. The third kappa shape index (κ3) is 10.7. The lowest BCUT2D eigenvalue weighted by Crippen LogP contribution is -1.74. The van der Waals surface area contributed by atoms with Gasteiger partial charge in [-0.1, -0.05) is 44.0 Å². The Morgan fingerprint density at radius 2 is 1.27 bits per heavy atom. The zero-order valence-corrected chi connectivity index (χ0v) is 10.0. The summed E-state index contributed by atoms with van der Waals surface area (Å²) in [5.74, 6) is 0. The lowest BCUT2D eigenvalue weighted by Gasteiger charge is -1.90. The van der Waals surface area contributed by atoms with Crippen LogP contribution in [0.2, 0.25) is 0 Å². The van der Waals surface area contributed by atoms with Crippen LogP contribution in [0.5, 0.6) is 0 Å². The standard InChI is InChI=1S/C9H16Br2/c10-8-6-4-2-1-3-5-7-9-11/h1-2H,3-9H2. The van der Waals surface area contributed by atoms with Gasteiger partial charge in [-0.05, 0) is 32.1 Å². The molecule has 0 saturated heterocycles. The molecule has 2 heteroatoms. The van der Waals surface area contributed by atoms with Gasteiger partial charge in [0.2, 0.25) is 0 Å². The Labute approximate surface area is 86.7 Å². The molecule has 0 spiro atoms. The summed E-state index contributed by atoms with van der Waals surface area (Å²) in [6.45, 7) is 0. The lowest BCUT2D eigenvalue weighted by molar-refractivity contribution is 0.822. The topological polar surface area (TPSA) is 0 Å². The quantitative estimate of drug-likeness (QED) is 0.372. The van der Waals surface area contributed by atoms with Crippen LogP contribution in [0.3, 0.4) is 0 Å². The van der Waals surface area contributed by atoms with Crippen LogP contribution in [0.1, 0.15) is 32.1 Å². The summed E-state index contributed by atoms with van der Waals surface area (Å²) in [6.07, 6.45) is 10.9. The molecule has 11 heavy (non-hydrogen) atoms. The van der Waals surface area contributed by atoms with Crippen molar-refractivity contribution in [2.45, 2.75) is 32.1 Å². The second-order valence-corrected chi connectivity index (χ2v) is 4.07. The molecule has 0 aromatic heterocycles. The Kier molecular flexibility index (Phi) is 11.4. The highest BCUT2D eigenvalue weighted by Gasteiger charge is 1.82. The van der Waals surface area contributed by atoms with E-state index in [0.29, 0.717) is 0 Å². The molecule has 0 aromatic rings. The van der Waals surface area contributed by atoms with Crippen molar-refractivity contribution in [1.82, 2.24) is 0 Å². The second-order valence-electron chi connectivity index (χ2n) is 2.49. The highest BCUT2D eigenvalue weighted by molar-refractivity contribution is 9.09. The fourth-order valence-corrected chi connectivity index (χ4v) is 1.51. The summed E-state index contributed by atoms with van der Waals surface area (Å²) in [5.41, 5.74) is 0. The van der Waals surface area contributed by atoms with Gasteiger partial charge in [-0.3, -0.25) is 0 Å². The molecule has 0 nitrogen and oxygen atoms in total. The molecule has 0 N–H and O–H groups in total. The van der Waals surface area contributed by atoms with Gasteiger partial charge in [0.15, 0.2) is 0 Å². The van der Waals surface area contributed by atoms with Gasteiger partial charge in [0.25, 0.3) is 0 Å². The zero-order chi connectivity index (χ0) is 8.36. The van der Waals surface area contributed by atoms with Crippen molar-refractivity contribution < 1.29 is 0 Å². The average molecular weight is 284 g/mol. The molecule has 0 heterocycles. The first kappa shape index (κ1) is 11.7. The van der Waals surface area contributed by atoms with Crippen LogP contribution in [0.4, 0.5) is 0 Å². The molecule has 0 aliphatic carbocycles. The van der Waals surface area contributed by atoms with Crippen LogP contribution in [0, 0.1) is 0 Å². The molecule has 0 aliphatic rings. The Morgan fingerprint density at radius 1 is 0.727 bits per heavy atom. The summed E-state index contributed by atoms with van der Waals surface area (Å²) in [5, 5.41) is 2.26. The Balaban J connectivity index is 2.91. The predicted octanol–water partition coefficient (Wildman–Crippen LogP) is 4.28. The first-order chi connectivity index (χ1) is 5.41. The molecule has 0 unspecified atom stereocenters. The van der Waals surface area contributed by atoms with Gasteiger partial charge in [-0.15, -0.1) is 0 Å². The highest BCUT2D eigenvalue weighted by Crippen LogP contribution is 2.01. The Hall–Kier alpha value is 0.700. The van der Waals surface area contributed by atoms with E-state index in [0.717, 1.165) is 10.7 Å². The summed E-state index contributed by atoms with van der Waals surface area (Å²) in [7, 11) is 0. The molecule has 0 atom stereocenters. The van der Waals surface area contributed by atoms with Crippen LogP contribution in [0.15, 0.2) is 12.2 Å². The average Bonchev–Trinajstić information content (AvgIpc) is 2.03. The number of halogens is 2. The number of unbranched alkanes of at least 4 members (excludes halogenated alkanes) is 3. The normalized spacial score (nSPS) is 11.1. The molecule has 0 bridgehead atoms. The highest BCUT2D eigenvalue weighted by atomic mass is 79.9. The van der Waals surface area contributed by atoms with Crippen molar-refractivity contribution in [1.29, 1.82) is 0 Å². The van der Waals surface area contributed by atoms with E-state index in [2.05, 4.69) is 44.0 Å². The minimum absolute atomic E-state index is 1.12. The monoisotopic (exact) mass is 282 g/mol. The maximum atomic E-state index is 3.41. The van der Waals surface area contributed by atoms with E-state index in [9.17, 15) is 0 Å². The fourth-order valence-electron chi connectivity index (χ4n) is 0.787. The molecule has 0 amide bonds. The number of rotatable bonds is 7. The minimum atomic E-state index is 1.12. The molecule has 66 valence electrons. The van der Waals surface area contributed by atoms with E-state index in [1.807, 2.05) is 0 Å². The van der Waals surface area contributed by atoms with E-state index in [1.165, 1.54) is 32.1 Å². The number of allylic oxidation sites excluding steroid dienone is 2. The van der Waals surface area contributed by atoms with E-state index in [1.54, 1.807) is 0 Å². The maximum Gasteiger partial charge on any atom is 0.00342 e. The maximum absolute atomic E-state index is 3.41. The van der Waals surface area contributed by atoms with E-state index in [-0.39, 0.29) is 0 Å². The summed E-state index contributed by atoms with van der Waals surface area (Å²) in [4.78, 5) is 0. The van der Waals surface area contributed by atoms with Crippen molar-refractivity contribution in [3.63, 3.8) is 0 Å². The lowest BCUT2D eigenvalue weighted by atomic mass is 10.2. The van der Waals surface area contributed by atoms with Crippen LogP contribution >= 0.6 is 31.9 Å². The van der Waals surface area contributed by atoms with E-state index in [4.69, 9.17) is 0 Å². The SMILES string of the molecule is BrCCCC=CCCCCBr. The number of hydrogen-bond donors (Lipinski definition) is 0. The first-order valence-corrected chi connectivity index (χ1v) is 6.43. The van der Waals surface area contributed by atoms with Crippen molar-refractivity contribution in [2.75, 3.05) is 10.7 Å². The Morgan fingerprint density at radius 3 is 1.82 bits per heavy atom. The molecule has 0 aromatic carbocycles. The van der Waals surface area contributed by atoms with Crippen LogP contribution < -0.4 is 0 Å². The second kappa shape index (κ2) is 10.7. The zero-order valence-electron chi connectivity index (χ0n) is 6.86. The summed E-state index contributed by atoms with van der Waals surface area (Å²) < 4.78 is 0. The Bertz CT molecular complexity index is 89.6. The van der Waals surface area contributed by atoms with Crippen molar-refractivity contribution in [3.05, 3.63) is 12.2 Å². The van der Waals surface area contributed by atoms with Gasteiger partial charge >= 0.3 is 0 Å². The van der Waals surface area contributed by atoms with Crippen LogP contribution in [-0.2, 0) is 0 Å². The first-order valence-electron chi connectivity index (χ1n) is 4.18. The molecular formula is C9H16Br2. The van der Waals surface area contributed by atoms with E-state index >= 15 is 0 Å². The van der Waals surface area contributed by atoms with Crippen molar-refractivity contribution >= 4 is 31.9 Å². The molecule has 0 radical (unpaired) electrons. The minimum Gasteiger partial charge on any atom is -0.0928 e.